The molecule has 0 radical (unpaired) electrons. The maximum absolute atomic E-state index is 6.85. The lowest BCUT2D eigenvalue weighted by atomic mass is 10.2. The third-order valence-corrected chi connectivity index (χ3v) is 9.77. The van der Waals surface area contributed by atoms with Gasteiger partial charge in [0, 0.05) is 11.8 Å². The van der Waals surface area contributed by atoms with Crippen LogP contribution in [0.15, 0.2) is 79.0 Å². The third-order valence-electron chi connectivity index (χ3n) is 4.79. The lowest BCUT2D eigenvalue weighted by Gasteiger charge is -2.43. The van der Waals surface area contributed by atoms with Crippen molar-refractivity contribution < 1.29 is 4.43 Å². The van der Waals surface area contributed by atoms with Gasteiger partial charge >= 0.3 is 0 Å². The number of hydrogen-bond donors (Lipinski definition) is 1. The van der Waals surface area contributed by atoms with Crippen LogP contribution in [0.5, 0.6) is 0 Å². The van der Waals surface area contributed by atoms with Crippen LogP contribution < -0.4 is 16.1 Å². The molecule has 1 aromatic heterocycles. The maximum Gasteiger partial charge on any atom is 0.261 e. The summed E-state index contributed by atoms with van der Waals surface area (Å²) in [6.07, 6.45) is 1.71. The number of pyridine rings is 1. The van der Waals surface area contributed by atoms with Crippen molar-refractivity contribution in [1.29, 1.82) is 0 Å². The average Bonchev–Trinajstić information content (AvgIpc) is 2.64. The molecule has 2 aromatic carbocycles. The minimum absolute atomic E-state index is 0.0489. The number of aromatic nitrogens is 1. The van der Waals surface area contributed by atoms with Crippen molar-refractivity contribution in [2.24, 2.45) is 0 Å². The van der Waals surface area contributed by atoms with E-state index < -0.39 is 8.32 Å². The molecule has 0 saturated carbocycles. The Kier molecular flexibility index (Phi) is 5.25. The molecule has 2 N–H and O–H groups in total. The van der Waals surface area contributed by atoms with Crippen LogP contribution in [0.2, 0.25) is 5.04 Å². The SMILES string of the molecule is CC(C)(C)[Si](OCc1cccnc1N)(c1ccccc1)c1ccccc1. The van der Waals surface area contributed by atoms with Crippen LogP contribution in [0, 0.1) is 0 Å². The Morgan fingerprint density at radius 3 is 1.85 bits per heavy atom. The zero-order valence-corrected chi connectivity index (χ0v) is 16.6. The molecular weight excluding hydrogens is 336 g/mol. The van der Waals surface area contributed by atoms with Gasteiger partial charge in [-0.25, -0.2) is 4.98 Å². The highest BCUT2D eigenvalue weighted by atomic mass is 28.4. The van der Waals surface area contributed by atoms with Crippen LogP contribution in [0.25, 0.3) is 0 Å². The van der Waals surface area contributed by atoms with E-state index in [1.165, 1.54) is 10.4 Å². The molecule has 4 heteroatoms. The second kappa shape index (κ2) is 7.44. The van der Waals surface area contributed by atoms with E-state index in [2.05, 4.69) is 86.4 Å². The molecule has 0 aliphatic heterocycles. The normalized spacial score (nSPS) is 12.1. The first-order valence-electron chi connectivity index (χ1n) is 8.89. The quantitative estimate of drug-likeness (QED) is 0.703. The molecule has 3 aromatic rings. The van der Waals surface area contributed by atoms with Gasteiger partial charge in [0.1, 0.15) is 5.82 Å². The first kappa shape index (κ1) is 18.4. The summed E-state index contributed by atoms with van der Waals surface area (Å²) in [5, 5.41) is 2.48. The van der Waals surface area contributed by atoms with Crippen LogP contribution in [-0.4, -0.2) is 13.3 Å². The van der Waals surface area contributed by atoms with E-state index in [9.17, 15) is 0 Å². The van der Waals surface area contributed by atoms with Crippen molar-refractivity contribution in [2.45, 2.75) is 32.4 Å². The molecule has 0 saturated heterocycles. The largest absolute Gasteiger partial charge is 0.403 e. The summed E-state index contributed by atoms with van der Waals surface area (Å²) in [4.78, 5) is 4.20. The summed E-state index contributed by atoms with van der Waals surface area (Å²) in [7, 11) is -2.54. The number of benzene rings is 2. The zero-order valence-electron chi connectivity index (χ0n) is 15.6. The second-order valence-corrected chi connectivity index (χ2v) is 11.8. The van der Waals surface area contributed by atoms with Crippen LogP contribution in [0.4, 0.5) is 5.82 Å². The topological polar surface area (TPSA) is 48.1 Å². The summed E-state index contributed by atoms with van der Waals surface area (Å²) >= 11 is 0. The molecule has 1 heterocycles. The predicted octanol–water partition coefficient (Wildman–Crippen LogP) is 3.74. The fraction of sp³-hybridized carbons (Fsp3) is 0.227. The fourth-order valence-electron chi connectivity index (χ4n) is 3.52. The van der Waals surface area contributed by atoms with E-state index in [1.54, 1.807) is 6.20 Å². The molecule has 26 heavy (non-hydrogen) atoms. The molecule has 0 spiro atoms. The molecular formula is C22H26N2OSi. The highest BCUT2D eigenvalue weighted by molar-refractivity contribution is 6.99. The molecule has 0 aliphatic rings. The summed E-state index contributed by atoms with van der Waals surface area (Å²) in [5.41, 5.74) is 6.99. The van der Waals surface area contributed by atoms with Gasteiger partial charge in [0.2, 0.25) is 0 Å². The maximum atomic E-state index is 6.85. The highest BCUT2D eigenvalue weighted by Crippen LogP contribution is 2.37. The number of anilines is 1. The van der Waals surface area contributed by atoms with Crippen molar-refractivity contribution in [3.63, 3.8) is 0 Å². The summed E-state index contributed by atoms with van der Waals surface area (Å²) in [5.74, 6) is 0.533. The number of nitrogens with two attached hydrogens (primary N) is 1. The molecule has 0 unspecified atom stereocenters. The van der Waals surface area contributed by atoms with Gasteiger partial charge in [-0.05, 0) is 21.5 Å². The lowest BCUT2D eigenvalue weighted by Crippen LogP contribution is -2.66. The third kappa shape index (κ3) is 3.43. The molecule has 0 bridgehead atoms. The number of nitrogens with zero attached hydrogens (tertiary/aromatic N) is 1. The van der Waals surface area contributed by atoms with Crippen molar-refractivity contribution in [3.05, 3.63) is 84.6 Å². The molecule has 3 rings (SSSR count). The number of rotatable bonds is 5. The molecule has 0 fully saturated rings. The Hall–Kier alpha value is -2.43. The van der Waals surface area contributed by atoms with Crippen molar-refractivity contribution in [3.8, 4) is 0 Å². The van der Waals surface area contributed by atoms with E-state index >= 15 is 0 Å². The molecule has 134 valence electrons. The fourth-order valence-corrected chi connectivity index (χ4v) is 8.05. The highest BCUT2D eigenvalue weighted by Gasteiger charge is 2.50. The summed E-state index contributed by atoms with van der Waals surface area (Å²) in [6, 6.07) is 25.1. The van der Waals surface area contributed by atoms with Crippen molar-refractivity contribution in [1.82, 2.24) is 4.98 Å². The van der Waals surface area contributed by atoms with Crippen LogP contribution in [-0.2, 0) is 11.0 Å². The van der Waals surface area contributed by atoms with E-state index in [1.807, 2.05) is 12.1 Å². The van der Waals surface area contributed by atoms with Gasteiger partial charge in [-0.15, -0.1) is 0 Å². The Morgan fingerprint density at radius 2 is 1.38 bits per heavy atom. The number of hydrogen-bond acceptors (Lipinski definition) is 3. The van der Waals surface area contributed by atoms with Crippen molar-refractivity contribution >= 4 is 24.5 Å². The minimum atomic E-state index is -2.54. The second-order valence-electron chi connectivity index (χ2n) is 7.50. The Morgan fingerprint density at radius 1 is 0.846 bits per heavy atom. The van der Waals surface area contributed by atoms with Gasteiger partial charge < -0.3 is 10.2 Å². The molecule has 0 amide bonds. The smallest absolute Gasteiger partial charge is 0.261 e. The Bertz CT molecular complexity index is 805. The lowest BCUT2D eigenvalue weighted by molar-refractivity contribution is 0.286. The van der Waals surface area contributed by atoms with E-state index in [4.69, 9.17) is 10.2 Å². The Labute approximate surface area is 157 Å². The van der Waals surface area contributed by atoms with Crippen LogP contribution in [0.3, 0.4) is 0 Å². The van der Waals surface area contributed by atoms with Gasteiger partial charge in [0.05, 0.1) is 6.61 Å². The van der Waals surface area contributed by atoms with Gasteiger partial charge in [-0.2, -0.15) is 0 Å². The standard InChI is InChI=1S/C22H26N2OSi/c1-22(2,3)26(19-12-6-4-7-13-19,20-14-8-5-9-15-20)25-17-18-11-10-16-24-21(18)23/h4-16H,17H2,1-3H3,(H2,23,24). The average molecular weight is 363 g/mol. The zero-order chi connectivity index (χ0) is 18.6. The molecule has 3 nitrogen and oxygen atoms in total. The first-order valence-corrected chi connectivity index (χ1v) is 10.8. The van der Waals surface area contributed by atoms with Gasteiger partial charge in [-0.1, -0.05) is 87.5 Å². The van der Waals surface area contributed by atoms with Crippen LogP contribution >= 0.6 is 0 Å². The van der Waals surface area contributed by atoms with E-state index in [-0.39, 0.29) is 5.04 Å². The van der Waals surface area contributed by atoms with Gasteiger partial charge in [0.15, 0.2) is 0 Å². The predicted molar refractivity (Wildman–Crippen MR) is 111 cm³/mol. The van der Waals surface area contributed by atoms with Gasteiger partial charge in [-0.3, -0.25) is 0 Å². The Balaban J connectivity index is 2.13. The summed E-state index contributed by atoms with van der Waals surface area (Å²) < 4.78 is 6.85. The summed E-state index contributed by atoms with van der Waals surface area (Å²) in [6.45, 7) is 7.26. The monoisotopic (exact) mass is 362 g/mol. The minimum Gasteiger partial charge on any atom is -0.403 e. The van der Waals surface area contributed by atoms with Gasteiger partial charge in [0.25, 0.3) is 8.32 Å². The van der Waals surface area contributed by atoms with E-state index in [0.717, 1.165) is 5.56 Å². The van der Waals surface area contributed by atoms with Crippen LogP contribution in [0.1, 0.15) is 26.3 Å². The molecule has 0 aliphatic carbocycles. The molecule has 0 atom stereocenters. The number of nitrogen functional groups attached to an aromatic ring is 1. The first-order chi connectivity index (χ1) is 12.4. The van der Waals surface area contributed by atoms with Crippen molar-refractivity contribution in [2.75, 3.05) is 5.73 Å². The van der Waals surface area contributed by atoms with E-state index in [0.29, 0.717) is 12.4 Å².